The SMILES string of the molecule is Cc1cccn(CC(=O)c2ccc(I)c([N+](=O)[O-])c2)c1=N. The number of halogens is 1. The summed E-state index contributed by atoms with van der Waals surface area (Å²) in [5.41, 5.74) is 1.21. The molecule has 0 bridgehead atoms. The Hall–Kier alpha value is -2.03. The summed E-state index contributed by atoms with van der Waals surface area (Å²) < 4.78 is 2.00. The molecular formula is C14H12IN3O3. The van der Waals surface area contributed by atoms with Crippen molar-refractivity contribution in [1.29, 1.82) is 5.41 Å². The molecule has 0 fully saturated rings. The molecule has 1 aromatic carbocycles. The van der Waals surface area contributed by atoms with Crippen LogP contribution in [0.5, 0.6) is 0 Å². The van der Waals surface area contributed by atoms with E-state index in [4.69, 9.17) is 5.41 Å². The number of nitro benzene ring substituents is 1. The van der Waals surface area contributed by atoms with Crippen LogP contribution < -0.4 is 5.49 Å². The van der Waals surface area contributed by atoms with Gasteiger partial charge in [0.1, 0.15) is 5.49 Å². The molecule has 0 spiro atoms. The Bertz CT molecular complexity index is 783. The zero-order valence-electron chi connectivity index (χ0n) is 11.2. The van der Waals surface area contributed by atoms with Gasteiger partial charge in [-0.05, 0) is 53.3 Å². The fourth-order valence-corrected chi connectivity index (χ4v) is 2.41. The summed E-state index contributed by atoms with van der Waals surface area (Å²) in [6.45, 7) is 1.78. The maximum atomic E-state index is 12.2. The van der Waals surface area contributed by atoms with E-state index in [0.717, 1.165) is 5.56 Å². The van der Waals surface area contributed by atoms with Gasteiger partial charge in [0.25, 0.3) is 5.69 Å². The number of aryl methyl sites for hydroxylation is 1. The number of benzene rings is 1. The Balaban J connectivity index is 2.33. The summed E-state index contributed by atoms with van der Waals surface area (Å²) in [5.74, 6) is -0.265. The molecule has 6 nitrogen and oxygen atoms in total. The molecule has 0 aliphatic carbocycles. The minimum absolute atomic E-state index is 0.0156. The number of nitrogens with zero attached hydrogens (tertiary/aromatic N) is 2. The summed E-state index contributed by atoms with van der Waals surface area (Å²) in [7, 11) is 0. The van der Waals surface area contributed by atoms with Crippen LogP contribution in [0, 0.1) is 26.0 Å². The second-order valence-corrected chi connectivity index (χ2v) is 5.68. The molecule has 0 saturated carbocycles. The minimum Gasteiger partial charge on any atom is -0.325 e. The van der Waals surface area contributed by atoms with E-state index in [1.54, 1.807) is 37.4 Å². The molecule has 108 valence electrons. The van der Waals surface area contributed by atoms with Gasteiger partial charge in [0.2, 0.25) is 0 Å². The lowest BCUT2D eigenvalue weighted by Gasteiger charge is -2.08. The predicted octanol–water partition coefficient (Wildman–Crippen LogP) is 2.67. The van der Waals surface area contributed by atoms with Crippen molar-refractivity contribution in [1.82, 2.24) is 4.57 Å². The van der Waals surface area contributed by atoms with Crippen LogP contribution in [0.1, 0.15) is 15.9 Å². The summed E-state index contributed by atoms with van der Waals surface area (Å²) in [4.78, 5) is 22.6. The van der Waals surface area contributed by atoms with Crippen molar-refractivity contribution in [2.75, 3.05) is 0 Å². The van der Waals surface area contributed by atoms with Gasteiger partial charge in [-0.15, -0.1) is 0 Å². The van der Waals surface area contributed by atoms with E-state index in [9.17, 15) is 14.9 Å². The van der Waals surface area contributed by atoms with Gasteiger partial charge < -0.3 is 4.57 Å². The smallest absolute Gasteiger partial charge is 0.283 e. The molecule has 1 aromatic heterocycles. The topological polar surface area (TPSA) is 89.0 Å². The highest BCUT2D eigenvalue weighted by atomic mass is 127. The second-order valence-electron chi connectivity index (χ2n) is 4.51. The molecule has 2 rings (SSSR count). The first-order chi connectivity index (χ1) is 9.90. The lowest BCUT2D eigenvalue weighted by atomic mass is 10.1. The Morgan fingerprint density at radius 3 is 2.81 bits per heavy atom. The molecule has 2 aromatic rings. The number of hydrogen-bond acceptors (Lipinski definition) is 4. The number of Topliss-reactive ketones (excluding diaryl/α,β-unsaturated/α-hetero) is 1. The number of carbonyl (C=O) groups excluding carboxylic acids is 1. The second kappa shape index (κ2) is 6.17. The molecular weight excluding hydrogens is 385 g/mol. The average Bonchev–Trinajstić information content (AvgIpc) is 2.44. The minimum atomic E-state index is -0.506. The Morgan fingerprint density at radius 2 is 2.14 bits per heavy atom. The van der Waals surface area contributed by atoms with Crippen LogP contribution in [0.4, 0.5) is 5.69 Å². The largest absolute Gasteiger partial charge is 0.325 e. The standard InChI is InChI=1S/C14H12IN3O3/c1-9-3-2-6-17(14(9)16)8-13(19)10-4-5-11(15)12(7-10)18(20)21/h2-7,16H,8H2,1H3. The monoisotopic (exact) mass is 397 g/mol. The molecule has 0 amide bonds. The predicted molar refractivity (Wildman–Crippen MR) is 85.2 cm³/mol. The highest BCUT2D eigenvalue weighted by Gasteiger charge is 2.16. The maximum Gasteiger partial charge on any atom is 0.283 e. The van der Waals surface area contributed by atoms with Crippen molar-refractivity contribution in [3.05, 3.63) is 66.8 Å². The number of carbonyl (C=O) groups is 1. The third-order valence-electron chi connectivity index (χ3n) is 3.05. The van der Waals surface area contributed by atoms with E-state index >= 15 is 0 Å². The van der Waals surface area contributed by atoms with Crippen molar-refractivity contribution < 1.29 is 9.72 Å². The molecule has 0 aliphatic rings. The van der Waals surface area contributed by atoms with Gasteiger partial charge >= 0.3 is 0 Å². The van der Waals surface area contributed by atoms with Gasteiger partial charge in [-0.25, -0.2) is 0 Å². The van der Waals surface area contributed by atoms with Crippen LogP contribution in [0.3, 0.4) is 0 Å². The molecule has 1 N–H and O–H groups in total. The van der Waals surface area contributed by atoms with Crippen molar-refractivity contribution in [2.24, 2.45) is 0 Å². The third kappa shape index (κ3) is 3.35. The Kier molecular flexibility index (Phi) is 4.51. The Labute approximate surface area is 134 Å². The Morgan fingerprint density at radius 1 is 1.43 bits per heavy atom. The van der Waals surface area contributed by atoms with E-state index in [-0.39, 0.29) is 29.1 Å². The van der Waals surface area contributed by atoms with Crippen molar-refractivity contribution >= 4 is 34.1 Å². The first kappa shape index (κ1) is 15.4. The zero-order valence-corrected chi connectivity index (χ0v) is 13.3. The molecule has 0 atom stereocenters. The fraction of sp³-hybridized carbons (Fsp3) is 0.143. The number of ketones is 1. The van der Waals surface area contributed by atoms with Crippen LogP contribution >= 0.6 is 22.6 Å². The number of rotatable bonds is 4. The van der Waals surface area contributed by atoms with Gasteiger partial charge in [0.15, 0.2) is 5.78 Å². The highest BCUT2D eigenvalue weighted by molar-refractivity contribution is 14.1. The van der Waals surface area contributed by atoms with E-state index in [1.807, 2.05) is 22.6 Å². The lowest BCUT2D eigenvalue weighted by Crippen LogP contribution is -2.25. The van der Waals surface area contributed by atoms with E-state index in [0.29, 0.717) is 3.57 Å². The maximum absolute atomic E-state index is 12.2. The normalized spacial score (nSPS) is 10.4. The zero-order chi connectivity index (χ0) is 15.6. The molecule has 0 aliphatic heterocycles. The van der Waals surface area contributed by atoms with E-state index < -0.39 is 4.92 Å². The lowest BCUT2D eigenvalue weighted by molar-refractivity contribution is -0.385. The third-order valence-corrected chi connectivity index (χ3v) is 3.96. The van der Waals surface area contributed by atoms with Crippen LogP contribution in [0.15, 0.2) is 36.5 Å². The quantitative estimate of drug-likeness (QED) is 0.372. The van der Waals surface area contributed by atoms with Crippen LogP contribution in [-0.2, 0) is 6.54 Å². The van der Waals surface area contributed by atoms with Crippen LogP contribution in [0.2, 0.25) is 0 Å². The summed E-state index contributed by atoms with van der Waals surface area (Å²) in [6, 6.07) is 7.95. The van der Waals surface area contributed by atoms with Crippen molar-refractivity contribution in [2.45, 2.75) is 13.5 Å². The molecule has 7 heteroatoms. The van der Waals surface area contributed by atoms with Crippen LogP contribution in [-0.4, -0.2) is 15.3 Å². The fourth-order valence-electron chi connectivity index (χ4n) is 1.88. The van der Waals surface area contributed by atoms with Crippen molar-refractivity contribution in [3.8, 4) is 0 Å². The number of nitro groups is 1. The van der Waals surface area contributed by atoms with E-state index in [2.05, 4.69) is 0 Å². The van der Waals surface area contributed by atoms with E-state index in [1.165, 1.54) is 10.6 Å². The van der Waals surface area contributed by atoms with Crippen LogP contribution in [0.25, 0.3) is 0 Å². The molecule has 21 heavy (non-hydrogen) atoms. The first-order valence-corrected chi connectivity index (χ1v) is 7.16. The number of pyridine rings is 1. The van der Waals surface area contributed by atoms with Gasteiger partial charge in [0, 0.05) is 17.8 Å². The average molecular weight is 397 g/mol. The van der Waals surface area contributed by atoms with Gasteiger partial charge in [0.05, 0.1) is 15.0 Å². The summed E-state index contributed by atoms with van der Waals surface area (Å²) in [5, 5.41) is 18.8. The highest BCUT2D eigenvalue weighted by Crippen LogP contribution is 2.22. The van der Waals surface area contributed by atoms with Gasteiger partial charge in [-0.3, -0.25) is 20.3 Å². The summed E-state index contributed by atoms with van der Waals surface area (Å²) in [6.07, 6.45) is 1.65. The number of hydrogen-bond donors (Lipinski definition) is 1. The van der Waals surface area contributed by atoms with Crippen molar-refractivity contribution in [3.63, 3.8) is 0 Å². The molecule has 1 heterocycles. The van der Waals surface area contributed by atoms with Gasteiger partial charge in [-0.2, -0.15) is 0 Å². The van der Waals surface area contributed by atoms with Gasteiger partial charge in [-0.1, -0.05) is 6.07 Å². The molecule has 0 unspecified atom stereocenters. The number of nitrogens with one attached hydrogen (secondary N) is 1. The first-order valence-electron chi connectivity index (χ1n) is 6.08. The summed E-state index contributed by atoms with van der Waals surface area (Å²) >= 11 is 1.86. The number of aromatic nitrogens is 1. The molecule has 0 saturated heterocycles. The molecule has 0 radical (unpaired) electrons.